The van der Waals surface area contributed by atoms with Crippen molar-refractivity contribution in [2.45, 2.75) is 39.2 Å². The van der Waals surface area contributed by atoms with E-state index < -0.39 is 0 Å². The summed E-state index contributed by atoms with van der Waals surface area (Å²) in [6.07, 6.45) is 2.02. The Bertz CT molecular complexity index is 75.8. The monoisotopic (exact) mass is 144 g/mol. The van der Waals surface area contributed by atoms with Gasteiger partial charge in [0.1, 0.15) is 0 Å². The molecule has 0 aromatic carbocycles. The van der Waals surface area contributed by atoms with Crippen LogP contribution < -0.4 is 5.48 Å². The molecule has 0 bridgehead atoms. The Balaban J connectivity index is 3.04. The highest BCUT2D eigenvalue weighted by molar-refractivity contribution is 4.56. The Morgan fingerprint density at radius 2 is 2.00 bits per heavy atom. The lowest BCUT2D eigenvalue weighted by Crippen LogP contribution is -2.29. The molecule has 61 valence electrons. The summed E-state index contributed by atoms with van der Waals surface area (Å²) in [6, 6.07) is 0. The topological polar surface area (TPSA) is 21.3 Å². The zero-order chi connectivity index (χ0) is 8.04. The van der Waals surface area contributed by atoms with E-state index in [2.05, 4.69) is 12.4 Å². The highest BCUT2D eigenvalue weighted by Gasteiger charge is 2.08. The van der Waals surface area contributed by atoms with Crippen molar-refractivity contribution in [1.29, 1.82) is 0 Å². The molecular weight excluding hydrogens is 126 g/mol. The van der Waals surface area contributed by atoms with Crippen molar-refractivity contribution < 1.29 is 4.84 Å². The number of nitrogens with one attached hydrogen (secondary N) is 1. The summed E-state index contributed by atoms with van der Waals surface area (Å²) in [5, 5.41) is 0. The molecule has 0 unspecified atom stereocenters. The molecule has 1 N–H and O–H groups in total. The van der Waals surface area contributed by atoms with Gasteiger partial charge in [-0.05, 0) is 27.2 Å². The molecule has 0 aromatic rings. The van der Waals surface area contributed by atoms with Gasteiger partial charge >= 0.3 is 0 Å². The summed E-state index contributed by atoms with van der Waals surface area (Å²) >= 11 is 0. The second-order valence-corrected chi connectivity index (χ2v) is 3.32. The van der Waals surface area contributed by atoms with Gasteiger partial charge in [-0.2, -0.15) is 0 Å². The average molecular weight is 144 g/mol. The summed E-state index contributed by atoms with van der Waals surface area (Å²) < 4.78 is 0. The lowest BCUT2D eigenvalue weighted by molar-refractivity contribution is -0.0724. The first-order valence-corrected chi connectivity index (χ1v) is 3.76. The molecule has 0 fully saturated rings. The van der Waals surface area contributed by atoms with E-state index in [-0.39, 0.29) is 5.60 Å². The first-order valence-electron chi connectivity index (χ1n) is 3.76. The molecule has 0 saturated carbocycles. The number of unbranched alkanes of at least 4 members (excludes halogenated alkanes) is 1. The van der Waals surface area contributed by atoms with Crippen LogP contribution in [0.2, 0.25) is 0 Å². The largest absolute Gasteiger partial charge is 0.296 e. The second-order valence-electron chi connectivity index (χ2n) is 3.32. The van der Waals surface area contributed by atoms with Gasteiger partial charge < -0.3 is 0 Å². The fourth-order valence-corrected chi connectivity index (χ4v) is 0.465. The van der Waals surface area contributed by atoms with Crippen LogP contribution in [0, 0.1) is 6.92 Å². The highest BCUT2D eigenvalue weighted by Crippen LogP contribution is 2.03. The number of hydroxylamine groups is 1. The fraction of sp³-hybridized carbons (Fsp3) is 0.875. The van der Waals surface area contributed by atoms with Gasteiger partial charge in [-0.3, -0.25) is 4.84 Å². The van der Waals surface area contributed by atoms with Crippen molar-refractivity contribution in [1.82, 2.24) is 5.48 Å². The lowest BCUT2D eigenvalue weighted by atomic mass is 10.2. The Kier molecular flexibility index (Phi) is 4.65. The summed E-state index contributed by atoms with van der Waals surface area (Å²) in [7, 11) is 0. The van der Waals surface area contributed by atoms with Crippen molar-refractivity contribution in [3.05, 3.63) is 6.92 Å². The van der Waals surface area contributed by atoms with E-state index in [0.29, 0.717) is 0 Å². The van der Waals surface area contributed by atoms with Crippen LogP contribution in [0.25, 0.3) is 0 Å². The van der Waals surface area contributed by atoms with Crippen molar-refractivity contribution in [2.24, 2.45) is 0 Å². The van der Waals surface area contributed by atoms with Crippen LogP contribution in [0.3, 0.4) is 0 Å². The Hall–Kier alpha value is -0.0800. The van der Waals surface area contributed by atoms with Gasteiger partial charge in [0.25, 0.3) is 0 Å². The van der Waals surface area contributed by atoms with Crippen molar-refractivity contribution in [2.75, 3.05) is 6.54 Å². The smallest absolute Gasteiger partial charge is 0.0812 e. The molecule has 0 aliphatic carbocycles. The molecule has 0 heterocycles. The molecule has 10 heavy (non-hydrogen) atoms. The van der Waals surface area contributed by atoms with Crippen LogP contribution in [0.15, 0.2) is 0 Å². The predicted molar refractivity (Wildman–Crippen MR) is 43.4 cm³/mol. The van der Waals surface area contributed by atoms with Crippen LogP contribution >= 0.6 is 0 Å². The van der Waals surface area contributed by atoms with E-state index in [9.17, 15) is 0 Å². The fourth-order valence-electron chi connectivity index (χ4n) is 0.465. The maximum Gasteiger partial charge on any atom is 0.0812 e. The molecule has 0 aromatic heterocycles. The molecule has 0 atom stereocenters. The molecule has 1 radical (unpaired) electrons. The summed E-state index contributed by atoms with van der Waals surface area (Å²) in [5.74, 6) is 0. The average Bonchev–Trinajstić information content (AvgIpc) is 1.78. The third-order valence-corrected chi connectivity index (χ3v) is 0.907. The molecule has 2 nitrogen and oxygen atoms in total. The summed E-state index contributed by atoms with van der Waals surface area (Å²) in [4.78, 5) is 5.25. The van der Waals surface area contributed by atoms with Crippen molar-refractivity contribution in [3.8, 4) is 0 Å². The molecule has 0 amide bonds. The lowest BCUT2D eigenvalue weighted by Gasteiger charge is -2.18. The molecule has 0 rings (SSSR count). The van der Waals surface area contributed by atoms with E-state index in [1.54, 1.807) is 0 Å². The zero-order valence-corrected chi connectivity index (χ0v) is 7.24. The SMILES string of the molecule is [CH2]CCCNOC(C)(C)C. The first kappa shape index (κ1) is 9.92. The Morgan fingerprint density at radius 3 is 2.40 bits per heavy atom. The van der Waals surface area contributed by atoms with Gasteiger partial charge in [-0.25, -0.2) is 5.48 Å². The molecule has 0 aliphatic heterocycles. The highest BCUT2D eigenvalue weighted by atomic mass is 16.7. The van der Waals surface area contributed by atoms with Gasteiger partial charge in [0.05, 0.1) is 5.60 Å². The van der Waals surface area contributed by atoms with Gasteiger partial charge in [-0.1, -0.05) is 13.3 Å². The minimum Gasteiger partial charge on any atom is -0.296 e. The molecule has 2 heteroatoms. The van der Waals surface area contributed by atoms with E-state index in [4.69, 9.17) is 4.84 Å². The molecule has 0 spiro atoms. The molecule has 0 aliphatic rings. The van der Waals surface area contributed by atoms with Crippen LogP contribution in [0.1, 0.15) is 33.6 Å². The first-order chi connectivity index (χ1) is 4.56. The minimum atomic E-state index is -0.0822. The van der Waals surface area contributed by atoms with Crippen LogP contribution in [-0.2, 0) is 4.84 Å². The summed E-state index contributed by atoms with van der Waals surface area (Å²) in [5.41, 5.74) is 2.80. The summed E-state index contributed by atoms with van der Waals surface area (Å²) in [6.45, 7) is 10.7. The van der Waals surface area contributed by atoms with Gasteiger partial charge in [0, 0.05) is 6.54 Å². The van der Waals surface area contributed by atoms with E-state index in [1.807, 2.05) is 20.8 Å². The van der Waals surface area contributed by atoms with E-state index in [0.717, 1.165) is 19.4 Å². The van der Waals surface area contributed by atoms with Crippen LogP contribution in [0.5, 0.6) is 0 Å². The van der Waals surface area contributed by atoms with Gasteiger partial charge in [0.15, 0.2) is 0 Å². The predicted octanol–water partition coefficient (Wildman–Crippen LogP) is 1.92. The standard InChI is InChI=1S/C8H18NO/c1-5-6-7-9-10-8(2,3)4/h9H,1,5-7H2,2-4H3. The maximum absolute atomic E-state index is 5.25. The van der Waals surface area contributed by atoms with Crippen molar-refractivity contribution >= 4 is 0 Å². The van der Waals surface area contributed by atoms with Gasteiger partial charge in [0.2, 0.25) is 0 Å². The molecular formula is C8H18NO. The zero-order valence-electron chi connectivity index (χ0n) is 7.24. The number of hydrogen-bond donors (Lipinski definition) is 1. The molecule has 0 saturated heterocycles. The van der Waals surface area contributed by atoms with Crippen LogP contribution in [-0.4, -0.2) is 12.1 Å². The van der Waals surface area contributed by atoms with Crippen molar-refractivity contribution in [3.63, 3.8) is 0 Å². The number of rotatable bonds is 4. The van der Waals surface area contributed by atoms with E-state index >= 15 is 0 Å². The maximum atomic E-state index is 5.25. The Morgan fingerprint density at radius 1 is 1.40 bits per heavy atom. The van der Waals surface area contributed by atoms with Crippen LogP contribution in [0.4, 0.5) is 0 Å². The third-order valence-electron chi connectivity index (χ3n) is 0.907. The third kappa shape index (κ3) is 7.92. The van der Waals surface area contributed by atoms with Gasteiger partial charge in [-0.15, -0.1) is 0 Å². The van der Waals surface area contributed by atoms with E-state index in [1.165, 1.54) is 0 Å². The quantitative estimate of drug-likeness (QED) is 0.481. The minimum absolute atomic E-state index is 0.0822. The number of hydrogen-bond acceptors (Lipinski definition) is 2. The second kappa shape index (κ2) is 4.69. The normalized spacial score (nSPS) is 12.0. The Labute approximate surface area is 63.9 Å².